The molecule has 4 rings (SSSR count). The van der Waals surface area contributed by atoms with Crippen LogP contribution in [0.25, 0.3) is 0 Å². The van der Waals surface area contributed by atoms with E-state index in [1.54, 1.807) is 16.7 Å². The van der Waals surface area contributed by atoms with Gasteiger partial charge in [0.1, 0.15) is 5.71 Å². The van der Waals surface area contributed by atoms with Crippen LogP contribution in [0.5, 0.6) is 0 Å². The second-order valence-corrected chi connectivity index (χ2v) is 7.02. The first-order valence-electron chi connectivity index (χ1n) is 8.35. The fourth-order valence-electron chi connectivity index (χ4n) is 2.87. The zero-order valence-electron chi connectivity index (χ0n) is 14.2. The molecule has 0 aliphatic carbocycles. The Kier molecular flexibility index (Phi) is 4.64. The highest BCUT2D eigenvalue weighted by Gasteiger charge is 2.29. The summed E-state index contributed by atoms with van der Waals surface area (Å²) in [6.07, 6.45) is 0.372. The Balaban J connectivity index is 1.54. The van der Waals surface area contributed by atoms with Gasteiger partial charge >= 0.3 is 5.97 Å². The molecule has 0 radical (unpaired) electrons. The highest BCUT2D eigenvalue weighted by atomic mass is 32.2. The van der Waals surface area contributed by atoms with E-state index in [-0.39, 0.29) is 30.4 Å². The van der Waals surface area contributed by atoms with Gasteiger partial charge < -0.3 is 4.74 Å². The lowest BCUT2D eigenvalue weighted by Crippen LogP contribution is -2.35. The lowest BCUT2D eigenvalue weighted by molar-refractivity contribution is -0.141. The molecule has 8 heteroatoms. The third-order valence-corrected chi connectivity index (χ3v) is 5.28. The number of para-hydroxylation sites is 2. The number of amides is 2. The Morgan fingerprint density at radius 2 is 1.67 bits per heavy atom. The fraction of sp³-hybridized carbons (Fsp3) is 0.158. The van der Waals surface area contributed by atoms with Crippen LogP contribution in [0.1, 0.15) is 12.8 Å². The van der Waals surface area contributed by atoms with Gasteiger partial charge in [0.15, 0.2) is 6.61 Å². The van der Waals surface area contributed by atoms with Gasteiger partial charge in [-0.2, -0.15) is 5.10 Å². The maximum atomic E-state index is 12.9. The van der Waals surface area contributed by atoms with Gasteiger partial charge in [-0.25, -0.2) is 10.2 Å². The van der Waals surface area contributed by atoms with Crippen molar-refractivity contribution in [3.05, 3.63) is 48.5 Å². The average Bonchev–Trinajstić information content (AvgIpc) is 2.70. The smallest absolute Gasteiger partial charge is 0.355 e. The molecule has 2 aromatic carbocycles. The molecule has 0 bridgehead atoms. The first-order chi connectivity index (χ1) is 13.1. The minimum atomic E-state index is -0.698. The number of hydrazone groups is 1. The Morgan fingerprint density at radius 1 is 1.04 bits per heavy atom. The number of nitrogens with zero attached hydrogens (tertiary/aromatic N) is 2. The van der Waals surface area contributed by atoms with E-state index in [0.717, 1.165) is 21.2 Å². The van der Waals surface area contributed by atoms with Crippen molar-refractivity contribution in [1.82, 2.24) is 5.43 Å². The number of rotatable bonds is 3. The van der Waals surface area contributed by atoms with E-state index in [2.05, 4.69) is 10.5 Å². The molecule has 2 aromatic rings. The van der Waals surface area contributed by atoms with Crippen LogP contribution in [-0.4, -0.2) is 30.1 Å². The van der Waals surface area contributed by atoms with Crippen molar-refractivity contribution in [3.8, 4) is 0 Å². The Morgan fingerprint density at radius 3 is 2.26 bits per heavy atom. The summed E-state index contributed by atoms with van der Waals surface area (Å²) in [5, 5.41) is 3.69. The third-order valence-electron chi connectivity index (χ3n) is 4.15. The summed E-state index contributed by atoms with van der Waals surface area (Å²) < 4.78 is 5.14. The van der Waals surface area contributed by atoms with Crippen molar-refractivity contribution in [2.24, 2.45) is 5.10 Å². The summed E-state index contributed by atoms with van der Waals surface area (Å²) in [4.78, 5) is 39.6. The molecular weight excluding hydrogens is 366 g/mol. The molecule has 0 unspecified atom stereocenters. The summed E-state index contributed by atoms with van der Waals surface area (Å²) in [6.45, 7) is -0.418. The van der Waals surface area contributed by atoms with Crippen LogP contribution in [0.4, 0.5) is 11.4 Å². The molecule has 2 aliphatic rings. The van der Waals surface area contributed by atoms with Crippen LogP contribution in [0.2, 0.25) is 0 Å². The van der Waals surface area contributed by atoms with E-state index < -0.39 is 12.6 Å². The van der Waals surface area contributed by atoms with Gasteiger partial charge in [-0.15, -0.1) is 0 Å². The molecule has 0 spiro atoms. The lowest BCUT2D eigenvalue weighted by Gasteiger charge is -2.30. The van der Waals surface area contributed by atoms with Gasteiger partial charge in [0.25, 0.3) is 5.91 Å². The second kappa shape index (κ2) is 7.24. The molecule has 27 heavy (non-hydrogen) atoms. The van der Waals surface area contributed by atoms with E-state index in [1.807, 2.05) is 48.5 Å². The molecule has 7 nitrogen and oxygen atoms in total. The lowest BCUT2D eigenvalue weighted by atomic mass is 10.2. The Labute approximate surface area is 159 Å². The standard InChI is InChI=1S/C19H15N3O4S/c23-17-10-9-12(20-21-17)19(25)26-11-18(24)22-13-5-1-3-7-15(13)27-16-8-4-2-6-14(16)22/h1-8H,9-11H2,(H,21,23). The zero-order chi connectivity index (χ0) is 18.8. The molecule has 136 valence electrons. The normalized spacial score (nSPS) is 15.2. The molecule has 0 fully saturated rings. The van der Waals surface area contributed by atoms with E-state index in [4.69, 9.17) is 4.74 Å². The maximum absolute atomic E-state index is 12.9. The van der Waals surface area contributed by atoms with Crippen molar-refractivity contribution >= 4 is 46.6 Å². The van der Waals surface area contributed by atoms with E-state index in [1.165, 1.54) is 0 Å². The van der Waals surface area contributed by atoms with Crippen molar-refractivity contribution in [1.29, 1.82) is 0 Å². The van der Waals surface area contributed by atoms with Gasteiger partial charge in [0.2, 0.25) is 5.91 Å². The first kappa shape index (κ1) is 17.3. The largest absolute Gasteiger partial charge is 0.451 e. The van der Waals surface area contributed by atoms with Crippen molar-refractivity contribution in [2.45, 2.75) is 22.6 Å². The van der Waals surface area contributed by atoms with E-state index in [9.17, 15) is 14.4 Å². The van der Waals surface area contributed by atoms with Crippen molar-refractivity contribution in [3.63, 3.8) is 0 Å². The molecule has 0 saturated carbocycles. The highest BCUT2D eigenvalue weighted by molar-refractivity contribution is 7.99. The van der Waals surface area contributed by atoms with Crippen LogP contribution < -0.4 is 10.3 Å². The summed E-state index contributed by atoms with van der Waals surface area (Å²) in [6, 6.07) is 15.2. The molecule has 2 heterocycles. The molecule has 1 N–H and O–H groups in total. The Bertz CT molecular complexity index is 927. The maximum Gasteiger partial charge on any atom is 0.355 e. The number of carbonyl (C=O) groups is 3. The molecule has 0 saturated heterocycles. The number of benzene rings is 2. The minimum Gasteiger partial charge on any atom is -0.451 e. The summed E-state index contributed by atoms with van der Waals surface area (Å²) >= 11 is 1.59. The van der Waals surface area contributed by atoms with Crippen molar-refractivity contribution < 1.29 is 19.1 Å². The number of carbonyl (C=O) groups excluding carboxylic acids is 3. The third kappa shape index (κ3) is 3.43. The van der Waals surface area contributed by atoms with Crippen LogP contribution >= 0.6 is 11.8 Å². The average molecular weight is 381 g/mol. The van der Waals surface area contributed by atoms with Crippen LogP contribution in [-0.2, 0) is 19.1 Å². The number of nitrogens with one attached hydrogen (secondary N) is 1. The number of esters is 1. The second-order valence-electron chi connectivity index (χ2n) is 5.94. The zero-order valence-corrected chi connectivity index (χ0v) is 15.0. The van der Waals surface area contributed by atoms with E-state index in [0.29, 0.717) is 0 Å². The van der Waals surface area contributed by atoms with Gasteiger partial charge in [-0.05, 0) is 24.3 Å². The fourth-order valence-corrected chi connectivity index (χ4v) is 3.93. The number of hydrogen-bond donors (Lipinski definition) is 1. The number of ether oxygens (including phenoxy) is 1. The summed E-state index contributed by atoms with van der Waals surface area (Å²) in [5.41, 5.74) is 3.86. The molecule has 2 aliphatic heterocycles. The predicted molar refractivity (Wildman–Crippen MR) is 99.9 cm³/mol. The molecular formula is C19H15N3O4S. The summed E-state index contributed by atoms with van der Waals surface area (Å²) in [7, 11) is 0. The number of fused-ring (bicyclic) bond motifs is 2. The highest BCUT2D eigenvalue weighted by Crippen LogP contribution is 2.47. The van der Waals surface area contributed by atoms with Gasteiger partial charge in [0.05, 0.1) is 11.4 Å². The van der Waals surface area contributed by atoms with Gasteiger partial charge in [-0.1, -0.05) is 36.0 Å². The van der Waals surface area contributed by atoms with Crippen LogP contribution in [0, 0.1) is 0 Å². The topological polar surface area (TPSA) is 88.1 Å². The first-order valence-corrected chi connectivity index (χ1v) is 9.16. The number of hydrogen-bond acceptors (Lipinski definition) is 6. The van der Waals surface area contributed by atoms with E-state index >= 15 is 0 Å². The number of anilines is 2. The molecule has 0 atom stereocenters. The monoisotopic (exact) mass is 381 g/mol. The van der Waals surface area contributed by atoms with Crippen LogP contribution in [0.15, 0.2) is 63.4 Å². The molecule has 0 aromatic heterocycles. The molecule has 2 amide bonds. The predicted octanol–water partition coefficient (Wildman–Crippen LogP) is 2.63. The Hall–Kier alpha value is -3.13. The van der Waals surface area contributed by atoms with Gasteiger partial charge in [-0.3, -0.25) is 14.5 Å². The summed E-state index contributed by atoms with van der Waals surface area (Å²) in [5.74, 6) is -1.30. The minimum absolute atomic E-state index is 0.109. The van der Waals surface area contributed by atoms with Gasteiger partial charge in [0, 0.05) is 22.6 Å². The van der Waals surface area contributed by atoms with Crippen molar-refractivity contribution in [2.75, 3.05) is 11.5 Å². The van der Waals surface area contributed by atoms with Crippen LogP contribution in [0.3, 0.4) is 0 Å². The quantitative estimate of drug-likeness (QED) is 0.826. The SMILES string of the molecule is O=C1CCC(C(=O)OCC(=O)N2c3ccccc3Sc3ccccc32)=NN1.